The molecule has 3 rings (SSSR count). The van der Waals surface area contributed by atoms with E-state index >= 15 is 0 Å². The lowest BCUT2D eigenvalue weighted by molar-refractivity contribution is -0.122. The van der Waals surface area contributed by atoms with Gasteiger partial charge in [-0.2, -0.15) is 5.10 Å². The molecular weight excluding hydrogens is 306 g/mol. The summed E-state index contributed by atoms with van der Waals surface area (Å²) in [6.45, 7) is 1.06. The van der Waals surface area contributed by atoms with E-state index in [4.69, 9.17) is 5.73 Å². The van der Waals surface area contributed by atoms with Crippen LogP contribution >= 0.6 is 0 Å². The predicted molar refractivity (Wildman–Crippen MR) is 91.7 cm³/mol. The molecular formula is C17H23N5O2. The van der Waals surface area contributed by atoms with Gasteiger partial charge < -0.3 is 21.5 Å². The standard InChI is InChI=1S/C17H23N5O2/c18-16-9-12(21-22(16)13-6-2-1-3-7-13)5-4-8-19-17(24)15-10-14(23)11-20-15/h1-3,6-7,9,14-15,20,23H,4-5,8,10-11,18H2,(H,19,24). The maximum Gasteiger partial charge on any atom is 0.237 e. The molecule has 7 nitrogen and oxygen atoms in total. The number of aromatic nitrogens is 2. The van der Waals surface area contributed by atoms with Crippen LogP contribution in [-0.2, 0) is 11.2 Å². The summed E-state index contributed by atoms with van der Waals surface area (Å²) < 4.78 is 1.72. The number of amides is 1. The van der Waals surface area contributed by atoms with Crippen LogP contribution in [0.4, 0.5) is 5.82 Å². The first kappa shape index (κ1) is 16.5. The van der Waals surface area contributed by atoms with Gasteiger partial charge in [0.25, 0.3) is 0 Å². The number of rotatable bonds is 6. The number of hydrogen-bond acceptors (Lipinski definition) is 5. The molecule has 2 atom stereocenters. The van der Waals surface area contributed by atoms with E-state index in [0.717, 1.165) is 24.2 Å². The van der Waals surface area contributed by atoms with Crippen LogP contribution in [0, 0.1) is 0 Å². The number of aliphatic hydroxyl groups excluding tert-OH is 1. The first-order valence-corrected chi connectivity index (χ1v) is 8.22. The largest absolute Gasteiger partial charge is 0.392 e. The van der Waals surface area contributed by atoms with Crippen LogP contribution in [0.5, 0.6) is 0 Å². The summed E-state index contributed by atoms with van der Waals surface area (Å²) in [6, 6.07) is 11.3. The molecule has 5 N–H and O–H groups in total. The van der Waals surface area contributed by atoms with Crippen molar-refractivity contribution in [3.63, 3.8) is 0 Å². The summed E-state index contributed by atoms with van der Waals surface area (Å²) in [4.78, 5) is 11.9. The van der Waals surface area contributed by atoms with Gasteiger partial charge in [0.2, 0.25) is 5.91 Å². The van der Waals surface area contributed by atoms with Crippen molar-refractivity contribution in [3.8, 4) is 5.69 Å². The molecule has 0 bridgehead atoms. The summed E-state index contributed by atoms with van der Waals surface area (Å²) in [5.41, 5.74) is 7.85. The molecule has 0 saturated carbocycles. The molecule has 1 saturated heterocycles. The molecule has 1 amide bonds. The Kier molecular flexibility index (Phi) is 5.12. The van der Waals surface area contributed by atoms with Gasteiger partial charge in [-0.15, -0.1) is 0 Å². The van der Waals surface area contributed by atoms with Gasteiger partial charge in [0.1, 0.15) is 5.82 Å². The molecule has 0 spiro atoms. The Hall–Kier alpha value is -2.38. The van der Waals surface area contributed by atoms with Crippen molar-refractivity contribution in [2.45, 2.75) is 31.4 Å². The quantitative estimate of drug-likeness (QED) is 0.568. The third-order valence-corrected chi connectivity index (χ3v) is 4.12. The Balaban J connectivity index is 1.47. The number of nitrogen functional groups attached to an aromatic ring is 1. The number of nitrogens with one attached hydrogen (secondary N) is 2. The van der Waals surface area contributed by atoms with Crippen LogP contribution in [0.3, 0.4) is 0 Å². The van der Waals surface area contributed by atoms with Crippen LogP contribution in [0.15, 0.2) is 36.4 Å². The fourth-order valence-electron chi connectivity index (χ4n) is 2.87. The van der Waals surface area contributed by atoms with Gasteiger partial charge in [-0.25, -0.2) is 4.68 Å². The Labute approximate surface area is 140 Å². The molecule has 24 heavy (non-hydrogen) atoms. The molecule has 0 radical (unpaired) electrons. The van der Waals surface area contributed by atoms with Gasteiger partial charge >= 0.3 is 0 Å². The zero-order valence-corrected chi connectivity index (χ0v) is 13.5. The monoisotopic (exact) mass is 329 g/mol. The van der Waals surface area contributed by atoms with Crippen LogP contribution in [-0.4, -0.2) is 46.0 Å². The summed E-state index contributed by atoms with van der Waals surface area (Å²) in [7, 11) is 0. The zero-order chi connectivity index (χ0) is 16.9. The molecule has 7 heteroatoms. The number of aliphatic hydroxyl groups is 1. The minimum absolute atomic E-state index is 0.0547. The number of benzene rings is 1. The first-order valence-electron chi connectivity index (χ1n) is 8.22. The topological polar surface area (TPSA) is 105 Å². The number of aryl methyl sites for hydroxylation is 1. The molecule has 1 fully saturated rings. The van der Waals surface area contributed by atoms with E-state index < -0.39 is 6.10 Å². The Morgan fingerprint density at radius 2 is 2.21 bits per heavy atom. The van der Waals surface area contributed by atoms with Crippen molar-refractivity contribution >= 4 is 11.7 Å². The average Bonchev–Trinajstić information content (AvgIpc) is 3.18. The van der Waals surface area contributed by atoms with Crippen molar-refractivity contribution in [2.75, 3.05) is 18.8 Å². The van der Waals surface area contributed by atoms with Crippen LogP contribution < -0.4 is 16.4 Å². The predicted octanol–water partition coefficient (Wildman–Crippen LogP) is 0.226. The van der Waals surface area contributed by atoms with Crippen molar-refractivity contribution in [1.29, 1.82) is 0 Å². The van der Waals surface area contributed by atoms with E-state index in [2.05, 4.69) is 15.7 Å². The summed E-state index contributed by atoms with van der Waals surface area (Å²) in [6.07, 6.45) is 1.58. The number of nitrogens with two attached hydrogens (primary N) is 1. The maximum absolute atomic E-state index is 11.9. The van der Waals surface area contributed by atoms with E-state index in [1.807, 2.05) is 36.4 Å². The van der Waals surface area contributed by atoms with E-state index in [1.54, 1.807) is 4.68 Å². The number of β-amino-alcohol motifs (C(OH)–C–C–N with tert-alkyl or cyclic N) is 1. The molecule has 2 unspecified atom stereocenters. The van der Waals surface area contributed by atoms with Gasteiger partial charge in [-0.3, -0.25) is 4.79 Å². The first-order chi connectivity index (χ1) is 11.6. The zero-order valence-electron chi connectivity index (χ0n) is 13.5. The molecule has 2 aromatic rings. The Morgan fingerprint density at radius 3 is 2.92 bits per heavy atom. The minimum Gasteiger partial charge on any atom is -0.392 e. The Morgan fingerprint density at radius 1 is 1.42 bits per heavy atom. The minimum atomic E-state index is -0.425. The van der Waals surface area contributed by atoms with Gasteiger partial charge in [0, 0.05) is 19.2 Å². The van der Waals surface area contributed by atoms with Crippen molar-refractivity contribution < 1.29 is 9.90 Å². The second-order valence-corrected chi connectivity index (χ2v) is 6.05. The number of carbonyl (C=O) groups is 1. The van der Waals surface area contributed by atoms with Crippen molar-refractivity contribution in [2.24, 2.45) is 0 Å². The second kappa shape index (κ2) is 7.46. The average molecular weight is 329 g/mol. The van der Waals surface area contributed by atoms with Gasteiger partial charge in [-0.1, -0.05) is 18.2 Å². The molecule has 128 valence electrons. The summed E-state index contributed by atoms with van der Waals surface area (Å²) >= 11 is 0. The highest BCUT2D eigenvalue weighted by Crippen LogP contribution is 2.15. The summed E-state index contributed by atoms with van der Waals surface area (Å²) in [5, 5.41) is 19.8. The molecule has 2 heterocycles. The lowest BCUT2D eigenvalue weighted by atomic mass is 10.2. The summed E-state index contributed by atoms with van der Waals surface area (Å²) in [5.74, 6) is 0.547. The number of anilines is 1. The van der Waals surface area contributed by atoms with Crippen LogP contribution in [0.2, 0.25) is 0 Å². The number of hydrogen-bond donors (Lipinski definition) is 4. The maximum atomic E-state index is 11.9. The SMILES string of the molecule is Nc1cc(CCCNC(=O)C2CC(O)CN2)nn1-c1ccccc1. The normalized spacial score (nSPS) is 20.2. The van der Waals surface area contributed by atoms with Crippen molar-refractivity contribution in [1.82, 2.24) is 20.4 Å². The van der Waals surface area contributed by atoms with E-state index in [0.29, 0.717) is 25.3 Å². The highest BCUT2D eigenvalue weighted by atomic mass is 16.3. The molecule has 1 aliphatic heterocycles. The van der Waals surface area contributed by atoms with E-state index in [-0.39, 0.29) is 11.9 Å². The number of carbonyl (C=O) groups excluding carboxylic acids is 1. The van der Waals surface area contributed by atoms with E-state index in [9.17, 15) is 9.90 Å². The lowest BCUT2D eigenvalue weighted by Crippen LogP contribution is -2.40. The third kappa shape index (κ3) is 3.93. The third-order valence-electron chi connectivity index (χ3n) is 4.12. The van der Waals surface area contributed by atoms with Crippen LogP contribution in [0.25, 0.3) is 5.69 Å². The van der Waals surface area contributed by atoms with Gasteiger partial charge in [-0.05, 0) is 31.4 Å². The van der Waals surface area contributed by atoms with Gasteiger partial charge in [0.05, 0.1) is 23.5 Å². The highest BCUT2D eigenvalue weighted by Gasteiger charge is 2.27. The second-order valence-electron chi connectivity index (χ2n) is 6.05. The Bertz CT molecular complexity index is 686. The molecule has 1 aliphatic rings. The smallest absolute Gasteiger partial charge is 0.237 e. The van der Waals surface area contributed by atoms with E-state index in [1.165, 1.54) is 0 Å². The van der Waals surface area contributed by atoms with Gasteiger partial charge in [0.15, 0.2) is 0 Å². The fraction of sp³-hybridized carbons (Fsp3) is 0.412. The van der Waals surface area contributed by atoms with Crippen molar-refractivity contribution in [3.05, 3.63) is 42.1 Å². The molecule has 1 aromatic heterocycles. The lowest BCUT2D eigenvalue weighted by Gasteiger charge is -2.10. The number of para-hydroxylation sites is 1. The number of nitrogens with zero attached hydrogens (tertiary/aromatic N) is 2. The molecule has 0 aliphatic carbocycles. The molecule has 1 aromatic carbocycles. The fourth-order valence-corrected chi connectivity index (χ4v) is 2.87. The van der Waals surface area contributed by atoms with Crippen LogP contribution in [0.1, 0.15) is 18.5 Å². The highest BCUT2D eigenvalue weighted by molar-refractivity contribution is 5.82.